The minimum atomic E-state index is -0.0511. The molecule has 0 spiro atoms. The Balaban J connectivity index is 2.24. The summed E-state index contributed by atoms with van der Waals surface area (Å²) in [6.45, 7) is 3.63. The number of hydrogen-bond acceptors (Lipinski definition) is 4. The number of hydrogen-bond donors (Lipinski definition) is 0. The number of rotatable bonds is 6. The fourth-order valence-electron chi connectivity index (χ4n) is 1.94. The summed E-state index contributed by atoms with van der Waals surface area (Å²) in [7, 11) is 4.12. The lowest BCUT2D eigenvalue weighted by Crippen LogP contribution is -2.21. The zero-order valence-electron chi connectivity index (χ0n) is 11.2. The molecule has 5 nitrogen and oxygen atoms in total. The number of benzene rings is 1. The third-order valence-corrected chi connectivity index (χ3v) is 2.83. The molecule has 1 aromatic heterocycles. The molecule has 1 atom stereocenters. The van der Waals surface area contributed by atoms with Crippen LogP contribution in [0.15, 0.2) is 24.3 Å². The molecule has 2 rings (SSSR count). The van der Waals surface area contributed by atoms with Crippen molar-refractivity contribution in [1.82, 2.24) is 19.9 Å². The van der Waals surface area contributed by atoms with Crippen molar-refractivity contribution in [3.8, 4) is 0 Å². The highest BCUT2D eigenvalue weighted by atomic mass is 16.5. The quantitative estimate of drug-likeness (QED) is 0.783. The van der Waals surface area contributed by atoms with Gasteiger partial charge in [-0.2, -0.15) is 0 Å². The van der Waals surface area contributed by atoms with E-state index in [9.17, 15) is 0 Å². The van der Waals surface area contributed by atoms with Gasteiger partial charge in [0.05, 0.1) is 5.52 Å². The molecule has 1 unspecified atom stereocenters. The Morgan fingerprint density at radius 3 is 2.83 bits per heavy atom. The van der Waals surface area contributed by atoms with Crippen molar-refractivity contribution in [3.63, 3.8) is 0 Å². The number of nitrogens with zero attached hydrogens (tertiary/aromatic N) is 4. The SMILES string of the molecule is CCOC(CCN(C)C)n1nnc2ccccc21. The zero-order valence-corrected chi connectivity index (χ0v) is 11.2. The summed E-state index contributed by atoms with van der Waals surface area (Å²) in [5.41, 5.74) is 1.93. The molecule has 0 radical (unpaired) electrons. The number of ether oxygens (including phenoxy) is 1. The monoisotopic (exact) mass is 248 g/mol. The van der Waals surface area contributed by atoms with Gasteiger partial charge in [0.15, 0.2) is 6.23 Å². The molecular weight excluding hydrogens is 228 g/mol. The van der Waals surface area contributed by atoms with E-state index in [2.05, 4.69) is 29.3 Å². The Bertz CT molecular complexity index is 494. The van der Waals surface area contributed by atoms with E-state index >= 15 is 0 Å². The van der Waals surface area contributed by atoms with Crippen molar-refractivity contribution in [1.29, 1.82) is 0 Å². The van der Waals surface area contributed by atoms with Crippen molar-refractivity contribution >= 4 is 11.0 Å². The second-order valence-corrected chi connectivity index (χ2v) is 4.52. The van der Waals surface area contributed by atoms with E-state index in [1.807, 2.05) is 35.9 Å². The van der Waals surface area contributed by atoms with Gasteiger partial charge in [0, 0.05) is 19.6 Å². The van der Waals surface area contributed by atoms with Crippen LogP contribution in [-0.2, 0) is 4.74 Å². The Labute approximate surface area is 107 Å². The molecule has 0 aliphatic carbocycles. The fraction of sp³-hybridized carbons (Fsp3) is 0.538. The standard InChI is InChI=1S/C13H20N4O/c1-4-18-13(9-10-16(2)3)17-12-8-6-5-7-11(12)14-15-17/h5-8,13H,4,9-10H2,1-3H3. The summed E-state index contributed by atoms with van der Waals surface area (Å²) in [5, 5.41) is 8.38. The molecule has 0 amide bonds. The van der Waals surface area contributed by atoms with Gasteiger partial charge in [0.1, 0.15) is 5.52 Å². The molecule has 0 aliphatic heterocycles. The van der Waals surface area contributed by atoms with E-state index in [4.69, 9.17) is 4.74 Å². The van der Waals surface area contributed by atoms with Crippen LogP contribution in [0, 0.1) is 0 Å². The van der Waals surface area contributed by atoms with E-state index in [1.165, 1.54) is 0 Å². The van der Waals surface area contributed by atoms with Crippen molar-refractivity contribution in [3.05, 3.63) is 24.3 Å². The molecule has 1 aromatic carbocycles. The predicted molar refractivity (Wildman–Crippen MR) is 71.4 cm³/mol. The molecular formula is C13H20N4O. The van der Waals surface area contributed by atoms with E-state index in [1.54, 1.807) is 0 Å². The largest absolute Gasteiger partial charge is 0.357 e. The van der Waals surface area contributed by atoms with Crippen LogP contribution in [0.5, 0.6) is 0 Å². The average molecular weight is 248 g/mol. The Morgan fingerprint density at radius 1 is 1.33 bits per heavy atom. The maximum atomic E-state index is 5.78. The smallest absolute Gasteiger partial charge is 0.153 e. The van der Waals surface area contributed by atoms with Crippen LogP contribution in [0.4, 0.5) is 0 Å². The van der Waals surface area contributed by atoms with Gasteiger partial charge < -0.3 is 9.64 Å². The van der Waals surface area contributed by atoms with E-state index < -0.39 is 0 Å². The van der Waals surface area contributed by atoms with E-state index in [0.29, 0.717) is 6.61 Å². The molecule has 0 fully saturated rings. The van der Waals surface area contributed by atoms with Crippen LogP contribution >= 0.6 is 0 Å². The molecule has 0 saturated carbocycles. The molecule has 18 heavy (non-hydrogen) atoms. The van der Waals surface area contributed by atoms with Gasteiger partial charge in [-0.05, 0) is 33.2 Å². The highest BCUT2D eigenvalue weighted by Crippen LogP contribution is 2.19. The summed E-state index contributed by atoms with van der Waals surface area (Å²) in [6, 6.07) is 7.96. The highest BCUT2D eigenvalue weighted by Gasteiger charge is 2.15. The summed E-state index contributed by atoms with van der Waals surface area (Å²) in [5.74, 6) is 0. The minimum absolute atomic E-state index is 0.0511. The molecule has 0 bridgehead atoms. The van der Waals surface area contributed by atoms with Crippen molar-refractivity contribution in [2.24, 2.45) is 0 Å². The lowest BCUT2D eigenvalue weighted by Gasteiger charge is -2.19. The normalized spacial score (nSPS) is 13.3. The van der Waals surface area contributed by atoms with Crippen LogP contribution in [0.3, 0.4) is 0 Å². The fourth-order valence-corrected chi connectivity index (χ4v) is 1.94. The van der Waals surface area contributed by atoms with Gasteiger partial charge in [0.2, 0.25) is 0 Å². The van der Waals surface area contributed by atoms with Gasteiger partial charge in [-0.25, -0.2) is 4.68 Å². The van der Waals surface area contributed by atoms with Crippen molar-refractivity contribution < 1.29 is 4.74 Å². The van der Waals surface area contributed by atoms with Crippen LogP contribution in [0.2, 0.25) is 0 Å². The molecule has 2 aromatic rings. The maximum absolute atomic E-state index is 5.78. The first-order valence-electron chi connectivity index (χ1n) is 6.28. The summed E-state index contributed by atoms with van der Waals surface area (Å²) in [4.78, 5) is 2.14. The number of para-hydroxylation sites is 1. The van der Waals surface area contributed by atoms with E-state index in [0.717, 1.165) is 24.0 Å². The van der Waals surface area contributed by atoms with Gasteiger partial charge in [-0.1, -0.05) is 17.3 Å². The molecule has 1 heterocycles. The zero-order chi connectivity index (χ0) is 13.0. The van der Waals surface area contributed by atoms with Gasteiger partial charge in [-0.3, -0.25) is 0 Å². The van der Waals surface area contributed by atoms with Crippen LogP contribution in [0.1, 0.15) is 19.6 Å². The second kappa shape index (κ2) is 5.93. The topological polar surface area (TPSA) is 43.2 Å². The Kier molecular flexibility index (Phi) is 4.28. The molecule has 0 aliphatic rings. The van der Waals surface area contributed by atoms with Gasteiger partial charge in [0.25, 0.3) is 0 Å². The maximum Gasteiger partial charge on any atom is 0.153 e. The predicted octanol–water partition coefficient (Wildman–Crippen LogP) is 1.92. The van der Waals surface area contributed by atoms with Crippen LogP contribution in [-0.4, -0.2) is 47.1 Å². The third-order valence-electron chi connectivity index (χ3n) is 2.83. The molecule has 0 saturated heterocycles. The van der Waals surface area contributed by atoms with E-state index in [-0.39, 0.29) is 6.23 Å². The lowest BCUT2D eigenvalue weighted by atomic mass is 10.3. The molecule has 0 N–H and O–H groups in total. The number of aromatic nitrogens is 3. The summed E-state index contributed by atoms with van der Waals surface area (Å²) >= 11 is 0. The first-order chi connectivity index (χ1) is 8.72. The summed E-state index contributed by atoms with van der Waals surface area (Å²) in [6.07, 6.45) is 0.846. The lowest BCUT2D eigenvalue weighted by molar-refractivity contribution is -0.00648. The molecule has 98 valence electrons. The average Bonchev–Trinajstić information content (AvgIpc) is 2.78. The van der Waals surface area contributed by atoms with Crippen LogP contribution in [0.25, 0.3) is 11.0 Å². The van der Waals surface area contributed by atoms with Crippen molar-refractivity contribution in [2.45, 2.75) is 19.6 Å². The highest BCUT2D eigenvalue weighted by molar-refractivity contribution is 5.73. The third kappa shape index (κ3) is 2.86. The first-order valence-corrected chi connectivity index (χ1v) is 6.28. The van der Waals surface area contributed by atoms with Crippen LogP contribution < -0.4 is 0 Å². The minimum Gasteiger partial charge on any atom is -0.357 e. The molecule has 5 heteroatoms. The number of fused-ring (bicyclic) bond motifs is 1. The van der Waals surface area contributed by atoms with Gasteiger partial charge in [-0.15, -0.1) is 5.10 Å². The second-order valence-electron chi connectivity index (χ2n) is 4.52. The van der Waals surface area contributed by atoms with Gasteiger partial charge >= 0.3 is 0 Å². The Morgan fingerprint density at radius 2 is 2.11 bits per heavy atom. The summed E-state index contributed by atoms with van der Waals surface area (Å²) < 4.78 is 7.66. The van der Waals surface area contributed by atoms with Crippen molar-refractivity contribution in [2.75, 3.05) is 27.2 Å². The first kappa shape index (κ1) is 13.0. The Hall–Kier alpha value is -1.46.